The van der Waals surface area contributed by atoms with Crippen LogP contribution in [0.15, 0.2) is 36.5 Å². The summed E-state index contributed by atoms with van der Waals surface area (Å²) in [7, 11) is 0. The molecule has 0 fully saturated rings. The number of hydrogen-bond acceptors (Lipinski definition) is 5. The molecule has 0 radical (unpaired) electrons. The SMILES string of the molecule is CC(=O)O[C@@H]1CCc2c1ccc(-c1ncc(-c3ccc(F)c(C#N)c3)s1)c2C. The molecule has 0 bridgehead atoms. The highest BCUT2D eigenvalue weighted by molar-refractivity contribution is 7.18. The van der Waals surface area contributed by atoms with Gasteiger partial charge in [-0.15, -0.1) is 11.3 Å². The molecule has 0 unspecified atom stereocenters. The number of thiazole rings is 1. The van der Waals surface area contributed by atoms with Gasteiger partial charge in [0.25, 0.3) is 0 Å². The number of carbonyl (C=O) groups excluding carboxylic acids is 1. The molecule has 4 nitrogen and oxygen atoms in total. The Morgan fingerprint density at radius 1 is 1.36 bits per heavy atom. The molecule has 4 rings (SSSR count). The molecule has 28 heavy (non-hydrogen) atoms. The summed E-state index contributed by atoms with van der Waals surface area (Å²) < 4.78 is 19.0. The molecular formula is C22H17FN2O2S. The number of halogens is 1. The van der Waals surface area contributed by atoms with Gasteiger partial charge in [0.15, 0.2) is 0 Å². The Morgan fingerprint density at radius 2 is 2.18 bits per heavy atom. The molecule has 0 saturated heterocycles. The maximum absolute atomic E-state index is 13.6. The van der Waals surface area contributed by atoms with Gasteiger partial charge in [0.05, 0.1) is 10.4 Å². The fourth-order valence-electron chi connectivity index (χ4n) is 3.69. The van der Waals surface area contributed by atoms with Crippen molar-refractivity contribution in [2.24, 2.45) is 0 Å². The lowest BCUT2D eigenvalue weighted by Gasteiger charge is -2.13. The number of nitrogens with zero attached hydrogens (tertiary/aromatic N) is 2. The maximum Gasteiger partial charge on any atom is 0.303 e. The second-order valence-corrected chi connectivity index (χ2v) is 7.81. The van der Waals surface area contributed by atoms with Crippen LogP contribution in [0.5, 0.6) is 0 Å². The summed E-state index contributed by atoms with van der Waals surface area (Å²) in [5, 5.41) is 9.91. The van der Waals surface area contributed by atoms with Crippen molar-refractivity contribution in [3.63, 3.8) is 0 Å². The van der Waals surface area contributed by atoms with Crippen LogP contribution in [0.2, 0.25) is 0 Å². The lowest BCUT2D eigenvalue weighted by Crippen LogP contribution is -2.05. The van der Waals surface area contributed by atoms with Crippen LogP contribution in [-0.2, 0) is 16.0 Å². The molecule has 3 aromatic rings. The van der Waals surface area contributed by atoms with Gasteiger partial charge >= 0.3 is 5.97 Å². The molecular weight excluding hydrogens is 375 g/mol. The van der Waals surface area contributed by atoms with Crippen LogP contribution in [0, 0.1) is 24.1 Å². The third kappa shape index (κ3) is 3.19. The van der Waals surface area contributed by atoms with E-state index in [0.29, 0.717) is 0 Å². The normalized spacial score (nSPS) is 15.1. The van der Waals surface area contributed by atoms with Gasteiger partial charge in [-0.1, -0.05) is 18.2 Å². The molecule has 0 aliphatic heterocycles. The van der Waals surface area contributed by atoms with E-state index in [1.807, 2.05) is 18.2 Å². The summed E-state index contributed by atoms with van der Waals surface area (Å²) in [6.07, 6.45) is 3.25. The van der Waals surface area contributed by atoms with Gasteiger partial charge in [-0.2, -0.15) is 5.26 Å². The summed E-state index contributed by atoms with van der Waals surface area (Å²) in [5.41, 5.74) is 5.28. The highest BCUT2D eigenvalue weighted by atomic mass is 32.1. The van der Waals surface area contributed by atoms with Crippen LogP contribution >= 0.6 is 11.3 Å². The monoisotopic (exact) mass is 392 g/mol. The van der Waals surface area contributed by atoms with E-state index in [2.05, 4.69) is 11.9 Å². The standard InChI is InChI=1S/C22H17FN2O2S/c1-12-16-6-8-20(27-13(2)26)18(16)5-4-17(12)22-25-11-21(28-22)14-3-7-19(23)15(9-14)10-24/h3-5,7,9,11,20H,6,8H2,1-2H3/t20-/m1/s1. The predicted molar refractivity (Wildman–Crippen MR) is 105 cm³/mol. The minimum atomic E-state index is -0.521. The first kappa shape index (κ1) is 18.3. The largest absolute Gasteiger partial charge is 0.458 e. The van der Waals surface area contributed by atoms with E-state index in [1.54, 1.807) is 18.3 Å². The highest BCUT2D eigenvalue weighted by Crippen LogP contribution is 2.41. The van der Waals surface area contributed by atoms with Gasteiger partial charge in [-0.05, 0) is 54.2 Å². The molecule has 6 heteroatoms. The molecule has 0 amide bonds. The van der Waals surface area contributed by atoms with Crippen molar-refractivity contribution in [3.8, 4) is 27.1 Å². The number of fused-ring (bicyclic) bond motifs is 1. The van der Waals surface area contributed by atoms with Gasteiger partial charge in [-0.3, -0.25) is 4.79 Å². The van der Waals surface area contributed by atoms with E-state index in [0.717, 1.165) is 45.0 Å². The van der Waals surface area contributed by atoms with Crippen LogP contribution in [0.1, 0.15) is 41.7 Å². The lowest BCUT2D eigenvalue weighted by atomic mass is 9.99. The minimum absolute atomic E-state index is 0.0256. The van der Waals surface area contributed by atoms with Crippen molar-refractivity contribution in [2.45, 2.75) is 32.8 Å². The number of hydrogen-bond donors (Lipinski definition) is 0. The van der Waals surface area contributed by atoms with Crippen molar-refractivity contribution < 1.29 is 13.9 Å². The third-order valence-electron chi connectivity index (χ3n) is 5.05. The van der Waals surface area contributed by atoms with Crippen LogP contribution in [0.3, 0.4) is 0 Å². The number of aromatic nitrogens is 1. The van der Waals surface area contributed by atoms with Gasteiger partial charge in [0.2, 0.25) is 0 Å². The van der Waals surface area contributed by atoms with Gasteiger partial charge in [0.1, 0.15) is 23.0 Å². The quantitative estimate of drug-likeness (QED) is 0.564. The fraction of sp³-hybridized carbons (Fsp3) is 0.227. The number of benzene rings is 2. The molecule has 1 heterocycles. The zero-order valence-electron chi connectivity index (χ0n) is 15.5. The molecule has 0 saturated carbocycles. The van der Waals surface area contributed by atoms with E-state index in [9.17, 15) is 9.18 Å². The predicted octanol–water partition coefficient (Wildman–Crippen LogP) is 5.35. The Morgan fingerprint density at radius 3 is 2.93 bits per heavy atom. The fourth-order valence-corrected chi connectivity index (χ4v) is 4.69. The third-order valence-corrected chi connectivity index (χ3v) is 6.13. The second-order valence-electron chi connectivity index (χ2n) is 6.78. The molecule has 1 aliphatic rings. The summed E-state index contributed by atoms with van der Waals surface area (Å²) in [6, 6.07) is 10.4. The van der Waals surface area contributed by atoms with Crippen LogP contribution in [0.25, 0.3) is 21.0 Å². The van der Waals surface area contributed by atoms with Crippen LogP contribution in [0.4, 0.5) is 4.39 Å². The van der Waals surface area contributed by atoms with E-state index in [4.69, 9.17) is 10.00 Å². The van der Waals surface area contributed by atoms with Gasteiger partial charge < -0.3 is 4.74 Å². The first-order valence-corrected chi connectivity index (χ1v) is 9.75. The Kier molecular flexibility index (Phi) is 4.70. The molecule has 1 aliphatic carbocycles. The smallest absolute Gasteiger partial charge is 0.303 e. The van der Waals surface area contributed by atoms with E-state index < -0.39 is 5.82 Å². The molecule has 1 atom stereocenters. The Labute approximate surface area is 166 Å². The van der Waals surface area contributed by atoms with Gasteiger partial charge in [-0.25, -0.2) is 9.37 Å². The van der Waals surface area contributed by atoms with Crippen molar-refractivity contribution in [3.05, 3.63) is 64.6 Å². The zero-order chi connectivity index (χ0) is 19.8. The number of esters is 1. The second kappa shape index (κ2) is 7.17. The molecule has 2 aromatic carbocycles. The number of nitriles is 1. The Balaban J connectivity index is 1.69. The topological polar surface area (TPSA) is 63.0 Å². The Hall–Kier alpha value is -3.04. The molecule has 0 spiro atoms. The number of rotatable bonds is 3. The number of carbonyl (C=O) groups is 1. The van der Waals surface area contributed by atoms with E-state index in [-0.39, 0.29) is 17.6 Å². The highest BCUT2D eigenvalue weighted by Gasteiger charge is 2.27. The van der Waals surface area contributed by atoms with Crippen LogP contribution < -0.4 is 0 Å². The van der Waals surface area contributed by atoms with E-state index >= 15 is 0 Å². The zero-order valence-corrected chi connectivity index (χ0v) is 16.3. The molecule has 0 N–H and O–H groups in total. The van der Waals surface area contributed by atoms with Crippen molar-refractivity contribution in [1.82, 2.24) is 4.98 Å². The number of ether oxygens (including phenoxy) is 1. The molecule has 1 aromatic heterocycles. The minimum Gasteiger partial charge on any atom is -0.458 e. The Bertz CT molecular complexity index is 1130. The van der Waals surface area contributed by atoms with Gasteiger partial charge in [0, 0.05) is 18.7 Å². The average molecular weight is 392 g/mol. The summed E-state index contributed by atoms with van der Waals surface area (Å²) >= 11 is 1.51. The molecule has 140 valence electrons. The van der Waals surface area contributed by atoms with Crippen molar-refractivity contribution >= 4 is 17.3 Å². The summed E-state index contributed by atoms with van der Waals surface area (Å²) in [6.45, 7) is 3.50. The maximum atomic E-state index is 13.6. The van der Waals surface area contributed by atoms with Crippen molar-refractivity contribution in [2.75, 3.05) is 0 Å². The summed E-state index contributed by atoms with van der Waals surface area (Å²) in [5.74, 6) is -0.784. The first-order chi connectivity index (χ1) is 13.5. The van der Waals surface area contributed by atoms with E-state index in [1.165, 1.54) is 29.9 Å². The lowest BCUT2D eigenvalue weighted by molar-refractivity contribution is -0.146. The van der Waals surface area contributed by atoms with Crippen LogP contribution in [-0.4, -0.2) is 11.0 Å². The summed E-state index contributed by atoms with van der Waals surface area (Å²) in [4.78, 5) is 16.7. The van der Waals surface area contributed by atoms with Crippen molar-refractivity contribution in [1.29, 1.82) is 5.26 Å². The first-order valence-electron chi connectivity index (χ1n) is 8.93. The average Bonchev–Trinajstić information content (AvgIpc) is 3.30.